The number of ether oxygens (including phenoxy) is 1. The zero-order chi connectivity index (χ0) is 14.7. The first-order valence-corrected chi connectivity index (χ1v) is 6.88. The van der Waals surface area contributed by atoms with E-state index in [2.05, 4.69) is 5.32 Å². The standard InChI is InChI=1S/C14H12Cl2N2OS/c1-19-8-5-6-9(14(17)20)12(7-8)18-11-4-2-3-10(15)13(11)16/h2-7,18H,1H3,(H2,17,20). The number of rotatable bonds is 4. The second kappa shape index (κ2) is 6.31. The van der Waals surface area contributed by atoms with Crippen LogP contribution < -0.4 is 15.8 Å². The molecule has 0 aliphatic heterocycles. The Kier molecular flexibility index (Phi) is 4.70. The first-order valence-electron chi connectivity index (χ1n) is 5.72. The molecule has 2 rings (SSSR count). The normalized spacial score (nSPS) is 10.2. The van der Waals surface area contributed by atoms with Gasteiger partial charge < -0.3 is 15.8 Å². The van der Waals surface area contributed by atoms with Crippen molar-refractivity contribution < 1.29 is 4.74 Å². The van der Waals surface area contributed by atoms with Gasteiger partial charge in [0.1, 0.15) is 10.7 Å². The Hall–Kier alpha value is -1.49. The van der Waals surface area contributed by atoms with Crippen molar-refractivity contribution in [3.05, 3.63) is 52.0 Å². The Labute approximate surface area is 132 Å². The lowest BCUT2D eigenvalue weighted by molar-refractivity contribution is 0.415. The summed E-state index contributed by atoms with van der Waals surface area (Å²) in [5.41, 5.74) is 7.81. The van der Waals surface area contributed by atoms with Crippen LogP contribution in [0.2, 0.25) is 10.0 Å². The van der Waals surface area contributed by atoms with Gasteiger partial charge in [-0.1, -0.05) is 41.5 Å². The van der Waals surface area contributed by atoms with Gasteiger partial charge in [-0.3, -0.25) is 0 Å². The maximum atomic E-state index is 6.16. The molecule has 0 bridgehead atoms. The van der Waals surface area contributed by atoms with Gasteiger partial charge in [0.05, 0.1) is 28.5 Å². The molecule has 0 spiro atoms. The topological polar surface area (TPSA) is 47.3 Å². The van der Waals surface area contributed by atoms with Crippen LogP contribution in [0.1, 0.15) is 5.56 Å². The lowest BCUT2D eigenvalue weighted by Crippen LogP contribution is -2.12. The van der Waals surface area contributed by atoms with Crippen molar-refractivity contribution in [2.24, 2.45) is 5.73 Å². The highest BCUT2D eigenvalue weighted by atomic mass is 35.5. The third-order valence-corrected chi connectivity index (χ3v) is 3.75. The van der Waals surface area contributed by atoms with E-state index in [0.29, 0.717) is 32.7 Å². The van der Waals surface area contributed by atoms with Crippen LogP contribution in [0.15, 0.2) is 36.4 Å². The predicted octanol–water partition coefficient (Wildman–Crippen LogP) is 4.38. The fraction of sp³-hybridized carbons (Fsp3) is 0.0714. The monoisotopic (exact) mass is 326 g/mol. The molecule has 3 N–H and O–H groups in total. The molecule has 2 aromatic carbocycles. The zero-order valence-corrected chi connectivity index (χ0v) is 12.9. The summed E-state index contributed by atoms with van der Waals surface area (Å²) >= 11 is 17.2. The number of thiocarbonyl (C=S) groups is 1. The van der Waals surface area contributed by atoms with Gasteiger partial charge in [-0.15, -0.1) is 0 Å². The van der Waals surface area contributed by atoms with Crippen LogP contribution in [0.4, 0.5) is 11.4 Å². The molecule has 3 nitrogen and oxygen atoms in total. The quantitative estimate of drug-likeness (QED) is 0.818. The SMILES string of the molecule is COc1ccc(C(N)=S)c(Nc2cccc(Cl)c2Cl)c1. The van der Waals surface area contributed by atoms with Crippen molar-refractivity contribution >= 4 is 51.8 Å². The Morgan fingerprint density at radius 3 is 2.60 bits per heavy atom. The number of methoxy groups -OCH3 is 1. The number of benzene rings is 2. The van der Waals surface area contributed by atoms with Crippen LogP contribution in [0, 0.1) is 0 Å². The fourth-order valence-electron chi connectivity index (χ4n) is 1.71. The minimum Gasteiger partial charge on any atom is -0.497 e. The van der Waals surface area contributed by atoms with E-state index < -0.39 is 0 Å². The van der Waals surface area contributed by atoms with Crippen LogP contribution in [0.25, 0.3) is 0 Å². The smallest absolute Gasteiger partial charge is 0.120 e. The third-order valence-electron chi connectivity index (χ3n) is 2.71. The zero-order valence-electron chi connectivity index (χ0n) is 10.6. The van der Waals surface area contributed by atoms with Gasteiger partial charge in [-0.05, 0) is 24.3 Å². The molecule has 0 aliphatic carbocycles. The fourth-order valence-corrected chi connectivity index (χ4v) is 2.24. The lowest BCUT2D eigenvalue weighted by atomic mass is 10.1. The summed E-state index contributed by atoms with van der Waals surface area (Å²) in [5, 5.41) is 4.08. The number of nitrogens with two attached hydrogens (primary N) is 1. The maximum absolute atomic E-state index is 6.16. The summed E-state index contributed by atoms with van der Waals surface area (Å²) < 4.78 is 5.20. The van der Waals surface area contributed by atoms with E-state index >= 15 is 0 Å². The molecule has 0 heterocycles. The number of hydrogen-bond donors (Lipinski definition) is 2. The van der Waals surface area contributed by atoms with Crippen LogP contribution >= 0.6 is 35.4 Å². The molecule has 0 fully saturated rings. The van der Waals surface area contributed by atoms with E-state index in [1.165, 1.54) is 0 Å². The molecule has 0 aliphatic rings. The van der Waals surface area contributed by atoms with Crippen LogP contribution in [0.5, 0.6) is 5.75 Å². The summed E-state index contributed by atoms with van der Waals surface area (Å²) in [6.07, 6.45) is 0. The van der Waals surface area contributed by atoms with Crippen LogP contribution in [0.3, 0.4) is 0 Å². The van der Waals surface area contributed by atoms with Crippen molar-refractivity contribution in [2.75, 3.05) is 12.4 Å². The van der Waals surface area contributed by atoms with E-state index in [4.69, 9.17) is 45.9 Å². The van der Waals surface area contributed by atoms with E-state index in [-0.39, 0.29) is 4.99 Å². The summed E-state index contributed by atoms with van der Waals surface area (Å²) in [6.45, 7) is 0. The van der Waals surface area contributed by atoms with Gasteiger partial charge in [0, 0.05) is 11.6 Å². The van der Waals surface area contributed by atoms with Crippen molar-refractivity contribution in [2.45, 2.75) is 0 Å². The van der Waals surface area contributed by atoms with Gasteiger partial charge >= 0.3 is 0 Å². The highest BCUT2D eigenvalue weighted by Crippen LogP contribution is 2.33. The Morgan fingerprint density at radius 2 is 1.95 bits per heavy atom. The minimum absolute atomic E-state index is 0.285. The molecule has 0 atom stereocenters. The van der Waals surface area contributed by atoms with Crippen molar-refractivity contribution in [1.29, 1.82) is 0 Å². The van der Waals surface area contributed by atoms with Crippen molar-refractivity contribution in [3.63, 3.8) is 0 Å². The first-order chi connectivity index (χ1) is 9.52. The van der Waals surface area contributed by atoms with Crippen LogP contribution in [-0.4, -0.2) is 12.1 Å². The second-order valence-corrected chi connectivity index (χ2v) is 5.23. The van der Waals surface area contributed by atoms with E-state index in [1.807, 2.05) is 6.07 Å². The summed E-state index contributed by atoms with van der Waals surface area (Å²) in [5.74, 6) is 0.686. The van der Waals surface area contributed by atoms with Gasteiger partial charge in [0.2, 0.25) is 0 Å². The molecule has 0 saturated heterocycles. The molecule has 104 valence electrons. The van der Waals surface area contributed by atoms with E-state index in [1.54, 1.807) is 37.4 Å². The maximum Gasteiger partial charge on any atom is 0.120 e. The van der Waals surface area contributed by atoms with Gasteiger partial charge in [0.25, 0.3) is 0 Å². The molecule has 0 radical (unpaired) electrons. The number of halogens is 2. The number of hydrogen-bond acceptors (Lipinski definition) is 3. The first kappa shape index (κ1) is 14.9. The highest BCUT2D eigenvalue weighted by Gasteiger charge is 2.10. The Bertz CT molecular complexity index is 662. The molecule has 0 unspecified atom stereocenters. The van der Waals surface area contributed by atoms with Gasteiger partial charge in [0.15, 0.2) is 0 Å². The third kappa shape index (κ3) is 3.15. The molecular weight excluding hydrogens is 315 g/mol. The summed E-state index contributed by atoms with van der Waals surface area (Å²) in [7, 11) is 1.59. The van der Waals surface area contributed by atoms with Crippen LogP contribution in [-0.2, 0) is 0 Å². The average molecular weight is 327 g/mol. The predicted molar refractivity (Wildman–Crippen MR) is 88.6 cm³/mol. The second-order valence-electron chi connectivity index (χ2n) is 4.00. The molecule has 0 aromatic heterocycles. The molecule has 0 saturated carbocycles. The Morgan fingerprint density at radius 1 is 1.20 bits per heavy atom. The van der Waals surface area contributed by atoms with Gasteiger partial charge in [-0.25, -0.2) is 0 Å². The number of nitrogens with one attached hydrogen (secondary N) is 1. The minimum atomic E-state index is 0.285. The summed E-state index contributed by atoms with van der Waals surface area (Å²) in [6, 6.07) is 10.7. The molecule has 6 heteroatoms. The van der Waals surface area contributed by atoms with E-state index in [0.717, 1.165) is 0 Å². The highest BCUT2D eigenvalue weighted by molar-refractivity contribution is 7.80. The number of anilines is 2. The average Bonchev–Trinajstić information content (AvgIpc) is 2.43. The van der Waals surface area contributed by atoms with E-state index in [9.17, 15) is 0 Å². The molecule has 2 aromatic rings. The lowest BCUT2D eigenvalue weighted by Gasteiger charge is -2.14. The van der Waals surface area contributed by atoms with Crippen molar-refractivity contribution in [1.82, 2.24) is 0 Å². The van der Waals surface area contributed by atoms with Gasteiger partial charge in [-0.2, -0.15) is 0 Å². The van der Waals surface area contributed by atoms with Crippen molar-refractivity contribution in [3.8, 4) is 5.75 Å². The molecule has 20 heavy (non-hydrogen) atoms. The molecular formula is C14H12Cl2N2OS. The summed E-state index contributed by atoms with van der Waals surface area (Å²) in [4.78, 5) is 0.285. The largest absolute Gasteiger partial charge is 0.497 e. The molecule has 0 amide bonds. The Balaban J connectivity index is 2.46.